The number of benzene rings is 1. The lowest BCUT2D eigenvalue weighted by Crippen LogP contribution is -2.38. The van der Waals surface area contributed by atoms with Gasteiger partial charge in [0, 0.05) is 39.6 Å². The Morgan fingerprint density at radius 3 is 2.48 bits per heavy atom. The van der Waals surface area contributed by atoms with E-state index in [-0.39, 0.29) is 24.0 Å². The van der Waals surface area contributed by atoms with Crippen molar-refractivity contribution in [3.8, 4) is 5.75 Å². The van der Waals surface area contributed by atoms with Gasteiger partial charge in [-0.2, -0.15) is 0 Å². The molecule has 5 nitrogen and oxygen atoms in total. The van der Waals surface area contributed by atoms with Crippen LogP contribution in [0.1, 0.15) is 11.3 Å². The lowest BCUT2D eigenvalue weighted by molar-refractivity contribution is 0.414. The van der Waals surface area contributed by atoms with Crippen molar-refractivity contribution in [2.75, 3.05) is 21.2 Å². The average Bonchev–Trinajstić information content (AvgIpc) is 2.93. The van der Waals surface area contributed by atoms with E-state index < -0.39 is 0 Å². The van der Waals surface area contributed by atoms with E-state index in [1.165, 1.54) is 11.3 Å². The second-order valence-corrected chi connectivity index (χ2v) is 5.22. The summed E-state index contributed by atoms with van der Waals surface area (Å²) < 4.78 is 7.29. The van der Waals surface area contributed by atoms with E-state index in [1.54, 1.807) is 14.2 Å². The van der Waals surface area contributed by atoms with Gasteiger partial charge in [-0.1, -0.05) is 12.1 Å². The summed E-state index contributed by atoms with van der Waals surface area (Å²) in [5, 5.41) is 3.38. The summed E-state index contributed by atoms with van der Waals surface area (Å²) in [6.45, 7) is 1.54. The molecule has 0 amide bonds. The number of aromatic nitrogens is 1. The fourth-order valence-electron chi connectivity index (χ4n) is 2.29. The van der Waals surface area contributed by atoms with Crippen LogP contribution in [0.3, 0.4) is 0 Å². The summed E-state index contributed by atoms with van der Waals surface area (Å²) in [6, 6.07) is 12.2. The molecule has 0 saturated carbocycles. The Labute approximate surface area is 155 Å². The maximum absolute atomic E-state index is 5.17. The Hall–Kier alpha value is -1.70. The maximum Gasteiger partial charge on any atom is 0.194 e. The number of aryl methyl sites for hydroxylation is 1. The van der Waals surface area contributed by atoms with E-state index >= 15 is 0 Å². The molecule has 0 aliphatic rings. The first-order valence-corrected chi connectivity index (χ1v) is 7.29. The zero-order valence-electron chi connectivity index (χ0n) is 14.1. The van der Waals surface area contributed by atoms with Crippen LogP contribution >= 0.6 is 24.0 Å². The first-order chi connectivity index (χ1) is 10.6. The fourth-order valence-corrected chi connectivity index (χ4v) is 2.29. The molecule has 1 heterocycles. The number of rotatable bonds is 5. The van der Waals surface area contributed by atoms with Crippen LogP contribution in [0, 0.1) is 0 Å². The van der Waals surface area contributed by atoms with Gasteiger partial charge in [0.05, 0.1) is 13.7 Å². The zero-order valence-corrected chi connectivity index (χ0v) is 16.4. The number of aliphatic imine (C=N–C) groups is 1. The number of nitrogens with zero attached hydrogens (tertiary/aromatic N) is 3. The number of methoxy groups -OCH3 is 1. The molecule has 0 radical (unpaired) electrons. The number of hydrogen-bond acceptors (Lipinski definition) is 2. The van der Waals surface area contributed by atoms with Gasteiger partial charge in [-0.25, -0.2) is 0 Å². The van der Waals surface area contributed by atoms with Crippen LogP contribution in [0.4, 0.5) is 0 Å². The molecular weight excluding hydrogens is 403 g/mol. The number of ether oxygens (including phenoxy) is 1. The highest BCUT2D eigenvalue weighted by atomic mass is 127. The number of hydrogen-bond donors (Lipinski definition) is 1. The molecular formula is C17H25IN4O. The average molecular weight is 428 g/mol. The van der Waals surface area contributed by atoms with Crippen LogP contribution in [0.25, 0.3) is 0 Å². The second-order valence-electron chi connectivity index (χ2n) is 5.22. The molecule has 2 rings (SSSR count). The van der Waals surface area contributed by atoms with Crippen LogP contribution < -0.4 is 10.1 Å². The summed E-state index contributed by atoms with van der Waals surface area (Å²) in [4.78, 5) is 6.45. The molecule has 0 saturated heterocycles. The Morgan fingerprint density at radius 1 is 1.26 bits per heavy atom. The fraction of sp³-hybridized carbons (Fsp3) is 0.353. The summed E-state index contributed by atoms with van der Waals surface area (Å²) in [5.74, 6) is 1.74. The van der Waals surface area contributed by atoms with Crippen molar-refractivity contribution in [1.29, 1.82) is 0 Å². The van der Waals surface area contributed by atoms with Gasteiger partial charge in [0.1, 0.15) is 5.75 Å². The Bertz CT molecular complexity index is 622. The van der Waals surface area contributed by atoms with E-state index in [1.807, 2.05) is 19.2 Å². The molecule has 1 N–H and O–H groups in total. The van der Waals surface area contributed by atoms with Gasteiger partial charge < -0.3 is 19.5 Å². The minimum absolute atomic E-state index is 0. The lowest BCUT2D eigenvalue weighted by atomic mass is 10.2. The largest absolute Gasteiger partial charge is 0.497 e. The van der Waals surface area contributed by atoms with Gasteiger partial charge >= 0.3 is 0 Å². The van der Waals surface area contributed by atoms with Crippen molar-refractivity contribution < 1.29 is 4.74 Å². The van der Waals surface area contributed by atoms with Crippen LogP contribution in [-0.2, 0) is 20.1 Å². The molecule has 6 heteroatoms. The summed E-state index contributed by atoms with van der Waals surface area (Å²) in [7, 11) is 7.57. The molecule has 0 fully saturated rings. The van der Waals surface area contributed by atoms with Crippen LogP contribution in [0.2, 0.25) is 0 Å². The number of nitrogens with one attached hydrogen (secondary N) is 1. The number of halogens is 1. The van der Waals surface area contributed by atoms with Gasteiger partial charge in [-0.3, -0.25) is 4.99 Å². The Morgan fingerprint density at radius 2 is 1.96 bits per heavy atom. The number of guanidine groups is 1. The van der Waals surface area contributed by atoms with E-state index in [4.69, 9.17) is 4.74 Å². The highest BCUT2D eigenvalue weighted by Gasteiger charge is 2.08. The van der Waals surface area contributed by atoms with Gasteiger partial charge in [0.15, 0.2) is 5.96 Å². The predicted octanol–water partition coefficient (Wildman–Crippen LogP) is 2.86. The smallest absolute Gasteiger partial charge is 0.194 e. The van der Waals surface area contributed by atoms with Gasteiger partial charge in [-0.15, -0.1) is 24.0 Å². The van der Waals surface area contributed by atoms with Gasteiger partial charge in [-0.05, 0) is 29.8 Å². The molecule has 0 spiro atoms. The Kier molecular flexibility index (Phi) is 7.94. The third kappa shape index (κ3) is 5.46. The molecule has 23 heavy (non-hydrogen) atoms. The standard InChI is InChI=1S/C17H24N4O.HI/c1-18-17(21(3)13-15-6-5-11-20(15)2)19-12-14-7-9-16(22-4)10-8-14;/h5-11H,12-13H2,1-4H3,(H,18,19);1H. The van der Waals surface area contributed by atoms with Gasteiger partial charge in [0.2, 0.25) is 0 Å². The summed E-state index contributed by atoms with van der Waals surface area (Å²) in [5.41, 5.74) is 2.43. The first kappa shape index (κ1) is 19.3. The second kappa shape index (κ2) is 9.44. The van der Waals surface area contributed by atoms with Crippen molar-refractivity contribution in [2.45, 2.75) is 13.1 Å². The lowest BCUT2D eigenvalue weighted by Gasteiger charge is -2.22. The third-order valence-corrected chi connectivity index (χ3v) is 3.63. The van der Waals surface area contributed by atoms with Crippen molar-refractivity contribution in [1.82, 2.24) is 14.8 Å². The molecule has 1 aromatic heterocycles. The summed E-state index contributed by atoms with van der Waals surface area (Å²) in [6.07, 6.45) is 2.05. The maximum atomic E-state index is 5.17. The molecule has 0 atom stereocenters. The van der Waals surface area contributed by atoms with Crippen molar-refractivity contribution in [3.05, 3.63) is 53.9 Å². The topological polar surface area (TPSA) is 41.8 Å². The quantitative estimate of drug-likeness (QED) is 0.453. The highest BCUT2D eigenvalue weighted by molar-refractivity contribution is 14.0. The summed E-state index contributed by atoms with van der Waals surface area (Å²) >= 11 is 0. The SMILES string of the molecule is CN=C(NCc1ccc(OC)cc1)N(C)Cc1cccn1C.I. The molecule has 1 aromatic carbocycles. The monoisotopic (exact) mass is 428 g/mol. The van der Waals surface area contributed by atoms with Crippen molar-refractivity contribution in [2.24, 2.45) is 12.0 Å². The van der Waals surface area contributed by atoms with Crippen LogP contribution in [0.15, 0.2) is 47.6 Å². The minimum Gasteiger partial charge on any atom is -0.497 e. The molecule has 0 bridgehead atoms. The predicted molar refractivity (Wildman–Crippen MR) is 105 cm³/mol. The van der Waals surface area contributed by atoms with E-state index in [9.17, 15) is 0 Å². The molecule has 0 unspecified atom stereocenters. The van der Waals surface area contributed by atoms with E-state index in [0.29, 0.717) is 0 Å². The zero-order chi connectivity index (χ0) is 15.9. The first-order valence-electron chi connectivity index (χ1n) is 7.29. The third-order valence-electron chi connectivity index (χ3n) is 3.63. The van der Waals surface area contributed by atoms with E-state index in [0.717, 1.165) is 24.8 Å². The minimum atomic E-state index is 0. The molecule has 126 valence electrons. The Balaban J connectivity index is 0.00000264. The molecule has 0 aliphatic heterocycles. The van der Waals surface area contributed by atoms with Gasteiger partial charge in [0.25, 0.3) is 0 Å². The van der Waals surface area contributed by atoms with Crippen molar-refractivity contribution in [3.63, 3.8) is 0 Å². The van der Waals surface area contributed by atoms with Crippen LogP contribution in [0.5, 0.6) is 5.75 Å². The van der Waals surface area contributed by atoms with Crippen LogP contribution in [-0.4, -0.2) is 36.6 Å². The highest BCUT2D eigenvalue weighted by Crippen LogP contribution is 2.11. The molecule has 2 aromatic rings. The van der Waals surface area contributed by atoms with Crippen molar-refractivity contribution >= 4 is 29.9 Å². The molecule has 0 aliphatic carbocycles. The van der Waals surface area contributed by atoms with E-state index in [2.05, 4.69) is 57.3 Å². The normalized spacial score (nSPS) is 10.9.